The Hall–Kier alpha value is -0.220. The van der Waals surface area contributed by atoms with E-state index in [1.54, 1.807) is 0 Å². The second kappa shape index (κ2) is 20.7. The fourth-order valence-corrected chi connectivity index (χ4v) is 3.88. The van der Waals surface area contributed by atoms with Crippen molar-refractivity contribution in [2.45, 2.75) is 77.7 Å². The summed E-state index contributed by atoms with van der Waals surface area (Å²) in [5.41, 5.74) is 0. The second-order valence-corrected chi connectivity index (χ2v) is 8.30. The van der Waals surface area contributed by atoms with Crippen LogP contribution in [-0.4, -0.2) is 95.3 Å². The van der Waals surface area contributed by atoms with Crippen molar-refractivity contribution in [3.8, 4) is 0 Å². The molecular weight excluding hydrogens is 411 g/mol. The van der Waals surface area contributed by atoms with E-state index < -0.39 is 20.7 Å². The van der Waals surface area contributed by atoms with Gasteiger partial charge in [-0.2, -0.15) is 0 Å². The van der Waals surface area contributed by atoms with Crippen LogP contribution >= 0.6 is 8.25 Å². The molecule has 4 N–H and O–H groups in total. The fraction of sp³-hybridized carbons (Fsp3) is 1.00. The van der Waals surface area contributed by atoms with Gasteiger partial charge in [-0.05, 0) is 65.2 Å². The predicted octanol–water partition coefficient (Wildman–Crippen LogP) is 2.06. The topological polar surface area (TPSA) is 123 Å². The SMILES string of the molecule is CC(O[P+](=O)OC(C)N(CCCCO)CCCCO)N(CCCCO)CCCCO. The Morgan fingerprint density at radius 3 is 1.10 bits per heavy atom. The zero-order valence-corrected chi connectivity index (χ0v) is 19.7. The van der Waals surface area contributed by atoms with E-state index in [-0.39, 0.29) is 26.4 Å². The molecule has 0 saturated carbocycles. The summed E-state index contributed by atoms with van der Waals surface area (Å²) >= 11 is 0. The number of aliphatic hydroxyl groups is 4. The van der Waals surface area contributed by atoms with Crippen LogP contribution in [0.25, 0.3) is 0 Å². The van der Waals surface area contributed by atoms with E-state index in [0.717, 1.165) is 25.7 Å². The number of unbranched alkanes of at least 4 members (excludes halogenated alkanes) is 4. The van der Waals surface area contributed by atoms with Gasteiger partial charge < -0.3 is 20.4 Å². The third kappa shape index (κ3) is 15.6. The third-order valence-electron chi connectivity index (χ3n) is 4.92. The van der Waals surface area contributed by atoms with Crippen molar-refractivity contribution in [3.05, 3.63) is 0 Å². The summed E-state index contributed by atoms with van der Waals surface area (Å²) in [6, 6.07) is 0. The molecule has 0 rings (SSSR count). The molecule has 30 heavy (non-hydrogen) atoms. The van der Waals surface area contributed by atoms with Gasteiger partial charge in [-0.1, -0.05) is 0 Å². The minimum absolute atomic E-state index is 0.136. The minimum atomic E-state index is -2.33. The maximum absolute atomic E-state index is 12.5. The average molecular weight is 456 g/mol. The summed E-state index contributed by atoms with van der Waals surface area (Å²) in [4.78, 5) is 4.10. The number of aliphatic hydroxyl groups excluding tert-OH is 4. The number of nitrogens with zero attached hydrogens (tertiary/aromatic N) is 2. The Morgan fingerprint density at radius 1 is 0.600 bits per heavy atom. The third-order valence-corrected chi connectivity index (χ3v) is 5.87. The van der Waals surface area contributed by atoms with E-state index in [1.165, 1.54) is 0 Å². The molecule has 2 atom stereocenters. The first kappa shape index (κ1) is 29.8. The predicted molar refractivity (Wildman–Crippen MR) is 117 cm³/mol. The highest BCUT2D eigenvalue weighted by Gasteiger charge is 2.32. The molecule has 0 heterocycles. The van der Waals surface area contributed by atoms with Gasteiger partial charge in [-0.15, -0.1) is 9.05 Å². The van der Waals surface area contributed by atoms with Crippen molar-refractivity contribution in [2.75, 3.05) is 52.6 Å². The van der Waals surface area contributed by atoms with Crippen LogP contribution in [0.2, 0.25) is 0 Å². The maximum Gasteiger partial charge on any atom is 0.700 e. The van der Waals surface area contributed by atoms with Crippen molar-refractivity contribution >= 4 is 8.25 Å². The van der Waals surface area contributed by atoms with E-state index in [4.69, 9.17) is 29.5 Å². The molecule has 0 bridgehead atoms. The fourth-order valence-electron chi connectivity index (χ4n) is 3.06. The van der Waals surface area contributed by atoms with Gasteiger partial charge in [-0.3, -0.25) is 9.80 Å². The Bertz CT molecular complexity index is 353. The molecule has 0 aromatic heterocycles. The van der Waals surface area contributed by atoms with Crippen LogP contribution in [0.3, 0.4) is 0 Å². The first-order valence-electron chi connectivity index (χ1n) is 11.2. The standard InChI is InChI=1S/C20H44N2O7P/c1-19(21(11-3-7-15-23)12-4-8-16-24)28-30(27)29-20(2)22(13-5-9-17-25)14-6-10-18-26/h19-20,23-26H,3-18H2,1-2H3/q+1. The van der Waals surface area contributed by atoms with Gasteiger partial charge in [0.2, 0.25) is 0 Å². The first-order valence-corrected chi connectivity index (χ1v) is 12.3. The summed E-state index contributed by atoms with van der Waals surface area (Å²) in [6.07, 6.45) is 5.19. The molecule has 0 radical (unpaired) electrons. The van der Waals surface area contributed by atoms with E-state index in [1.807, 2.05) is 23.6 Å². The molecule has 0 amide bonds. The van der Waals surface area contributed by atoms with Crippen molar-refractivity contribution in [1.82, 2.24) is 9.80 Å². The summed E-state index contributed by atoms with van der Waals surface area (Å²) in [7, 11) is -2.33. The van der Waals surface area contributed by atoms with Gasteiger partial charge in [0.25, 0.3) is 0 Å². The van der Waals surface area contributed by atoms with Crippen molar-refractivity contribution in [2.24, 2.45) is 0 Å². The highest BCUT2D eigenvalue weighted by atomic mass is 31.1. The molecule has 0 aromatic carbocycles. The van der Waals surface area contributed by atoms with E-state index in [0.29, 0.717) is 51.9 Å². The molecule has 0 saturated heterocycles. The second-order valence-electron chi connectivity index (χ2n) is 7.43. The van der Waals surface area contributed by atoms with Gasteiger partial charge in [0.05, 0.1) is 0 Å². The molecule has 0 aromatic rings. The normalized spacial score (nSPS) is 14.5. The highest BCUT2D eigenvalue weighted by Crippen LogP contribution is 2.30. The Kier molecular flexibility index (Phi) is 20.5. The zero-order chi connectivity index (χ0) is 22.6. The lowest BCUT2D eigenvalue weighted by Crippen LogP contribution is -2.37. The largest absolute Gasteiger partial charge is 0.700 e. The number of hydrogen-bond acceptors (Lipinski definition) is 9. The Morgan fingerprint density at radius 2 is 0.867 bits per heavy atom. The molecule has 9 nitrogen and oxygen atoms in total. The van der Waals surface area contributed by atoms with Crippen LogP contribution in [0.15, 0.2) is 0 Å². The van der Waals surface area contributed by atoms with E-state index in [9.17, 15) is 4.57 Å². The lowest BCUT2D eigenvalue weighted by Gasteiger charge is -2.26. The van der Waals surface area contributed by atoms with Crippen LogP contribution in [0.4, 0.5) is 0 Å². The minimum Gasteiger partial charge on any atom is -0.396 e. The lowest BCUT2D eigenvalue weighted by molar-refractivity contribution is -0.00621. The molecule has 2 unspecified atom stereocenters. The number of hydrogen-bond donors (Lipinski definition) is 4. The summed E-state index contributed by atoms with van der Waals surface area (Å²) in [5.74, 6) is 0. The lowest BCUT2D eigenvalue weighted by atomic mass is 10.2. The average Bonchev–Trinajstić information content (AvgIpc) is 2.71. The van der Waals surface area contributed by atoms with Crippen LogP contribution in [0, 0.1) is 0 Å². The van der Waals surface area contributed by atoms with Crippen molar-refractivity contribution < 1.29 is 34.0 Å². The smallest absolute Gasteiger partial charge is 0.396 e. The molecule has 0 aliphatic heterocycles. The van der Waals surface area contributed by atoms with Gasteiger partial charge >= 0.3 is 8.25 Å². The van der Waals surface area contributed by atoms with Gasteiger partial charge in [0.1, 0.15) is 0 Å². The monoisotopic (exact) mass is 455 g/mol. The quantitative estimate of drug-likeness (QED) is 0.110. The van der Waals surface area contributed by atoms with E-state index >= 15 is 0 Å². The highest BCUT2D eigenvalue weighted by molar-refractivity contribution is 7.33. The van der Waals surface area contributed by atoms with Crippen molar-refractivity contribution in [3.63, 3.8) is 0 Å². The van der Waals surface area contributed by atoms with Crippen molar-refractivity contribution in [1.29, 1.82) is 0 Å². The molecule has 0 aliphatic carbocycles. The molecule has 10 heteroatoms. The summed E-state index contributed by atoms with van der Waals surface area (Å²) < 4.78 is 23.7. The Labute approximate surface area is 182 Å². The maximum atomic E-state index is 12.5. The van der Waals surface area contributed by atoms with Crippen LogP contribution in [0.1, 0.15) is 65.2 Å². The van der Waals surface area contributed by atoms with E-state index in [2.05, 4.69) is 0 Å². The molecular formula is C20H44N2O7P+. The van der Waals surface area contributed by atoms with Crippen LogP contribution in [0.5, 0.6) is 0 Å². The van der Waals surface area contributed by atoms with Gasteiger partial charge in [-0.25, -0.2) is 0 Å². The number of rotatable bonds is 22. The molecule has 0 aliphatic rings. The van der Waals surface area contributed by atoms with Crippen LogP contribution < -0.4 is 0 Å². The van der Waals surface area contributed by atoms with Gasteiger partial charge in [0, 0.05) is 57.2 Å². The molecule has 0 spiro atoms. The van der Waals surface area contributed by atoms with Gasteiger partial charge in [0.15, 0.2) is 12.5 Å². The zero-order valence-electron chi connectivity index (χ0n) is 18.8. The summed E-state index contributed by atoms with van der Waals surface area (Å²) in [6.45, 7) is 7.04. The Balaban J connectivity index is 4.64. The molecule has 180 valence electrons. The summed E-state index contributed by atoms with van der Waals surface area (Å²) in [5, 5.41) is 36.0. The molecule has 0 fully saturated rings. The van der Waals surface area contributed by atoms with Crippen LogP contribution in [-0.2, 0) is 13.6 Å². The first-order chi connectivity index (χ1) is 14.5.